The maximum Gasteiger partial charge on any atom is 0.407 e. The van der Waals surface area contributed by atoms with Crippen molar-refractivity contribution in [1.29, 1.82) is 0 Å². The maximum atomic E-state index is 11.2. The van der Waals surface area contributed by atoms with Gasteiger partial charge >= 0.3 is 6.09 Å². The monoisotopic (exact) mass is 279 g/mol. The second kappa shape index (κ2) is 5.05. The molecule has 0 aliphatic carbocycles. The molecule has 0 bridgehead atoms. The average Bonchev–Trinajstić information content (AvgIpc) is 2.56. The fourth-order valence-corrected chi connectivity index (χ4v) is 3.05. The molecule has 1 saturated heterocycles. The van der Waals surface area contributed by atoms with Crippen LogP contribution in [0.4, 0.5) is 4.79 Å². The third kappa shape index (κ3) is 3.84. The van der Waals surface area contributed by atoms with Gasteiger partial charge in [-0.25, -0.2) is 4.79 Å². The van der Waals surface area contributed by atoms with Gasteiger partial charge in [0, 0.05) is 18.5 Å². The van der Waals surface area contributed by atoms with Crippen molar-refractivity contribution in [2.24, 2.45) is 11.3 Å². The van der Waals surface area contributed by atoms with Gasteiger partial charge < -0.3 is 10.0 Å². The van der Waals surface area contributed by atoms with E-state index < -0.39 is 16.2 Å². The molecular weight excluding hydrogens is 258 g/mol. The molecule has 0 spiro atoms. The summed E-state index contributed by atoms with van der Waals surface area (Å²) in [5.74, 6) is -0.0872. The summed E-state index contributed by atoms with van der Waals surface area (Å²) < 4.78 is 26.8. The van der Waals surface area contributed by atoms with Gasteiger partial charge in [0.25, 0.3) is 10.1 Å². The molecule has 2 atom stereocenters. The third-order valence-corrected chi connectivity index (χ3v) is 3.72. The lowest BCUT2D eigenvalue weighted by molar-refractivity contribution is 0.0797. The van der Waals surface area contributed by atoms with Crippen LogP contribution in [0.5, 0.6) is 0 Å². The number of rotatable bonds is 3. The minimum absolute atomic E-state index is 0.0462. The van der Waals surface area contributed by atoms with Gasteiger partial charge in [-0.05, 0) is 11.8 Å². The first kappa shape index (κ1) is 15.2. The van der Waals surface area contributed by atoms with Crippen molar-refractivity contribution >= 4 is 16.2 Å². The van der Waals surface area contributed by atoms with E-state index in [0.29, 0.717) is 13.0 Å². The Morgan fingerprint density at radius 3 is 2.39 bits per heavy atom. The van der Waals surface area contributed by atoms with Crippen molar-refractivity contribution < 1.29 is 22.5 Å². The summed E-state index contributed by atoms with van der Waals surface area (Å²) in [6.45, 7) is 6.32. The van der Waals surface area contributed by atoms with E-state index in [4.69, 9.17) is 9.29 Å². The first-order valence-corrected chi connectivity index (χ1v) is 7.68. The molecule has 7 heteroatoms. The zero-order valence-electron chi connectivity index (χ0n) is 11.2. The lowest BCUT2D eigenvalue weighted by Gasteiger charge is -2.36. The predicted octanol–water partition coefficient (Wildman–Crippen LogP) is 1.38. The number of nitrogens with zero attached hydrogens (tertiary/aromatic N) is 1. The Morgan fingerprint density at radius 1 is 1.44 bits per heavy atom. The standard InChI is InChI=1S/C11H21NO5S/c1-11(2,3)9-8(7-17-18(4,15)16)5-6-12(9)10(13)14/h8-9H,5-7H2,1-4H3,(H,13,14). The topological polar surface area (TPSA) is 83.9 Å². The van der Waals surface area contributed by atoms with E-state index in [-0.39, 0.29) is 24.0 Å². The number of likely N-dealkylation sites (tertiary alicyclic amines) is 1. The van der Waals surface area contributed by atoms with Gasteiger partial charge in [0.05, 0.1) is 12.9 Å². The molecule has 1 N–H and O–H groups in total. The molecular formula is C11H21NO5S. The number of carbonyl (C=O) groups is 1. The highest BCUT2D eigenvalue weighted by molar-refractivity contribution is 7.85. The smallest absolute Gasteiger partial charge is 0.407 e. The van der Waals surface area contributed by atoms with Gasteiger partial charge in [-0.1, -0.05) is 20.8 Å². The van der Waals surface area contributed by atoms with Crippen molar-refractivity contribution in [2.45, 2.75) is 33.2 Å². The Bertz CT molecular complexity index is 412. The molecule has 18 heavy (non-hydrogen) atoms. The van der Waals surface area contributed by atoms with Gasteiger partial charge in [-0.3, -0.25) is 4.18 Å². The van der Waals surface area contributed by atoms with Crippen molar-refractivity contribution in [3.63, 3.8) is 0 Å². The zero-order chi connectivity index (χ0) is 14.1. The molecule has 0 aromatic heterocycles. The maximum absolute atomic E-state index is 11.2. The quantitative estimate of drug-likeness (QED) is 0.789. The lowest BCUT2D eigenvalue weighted by atomic mass is 9.80. The number of hydrogen-bond donors (Lipinski definition) is 1. The molecule has 1 amide bonds. The second-order valence-electron chi connectivity index (χ2n) is 5.82. The Balaban J connectivity index is 2.83. The predicted molar refractivity (Wildman–Crippen MR) is 66.9 cm³/mol. The number of amides is 1. The van der Waals surface area contributed by atoms with Crippen molar-refractivity contribution in [3.05, 3.63) is 0 Å². The molecule has 0 aromatic rings. The Labute approximate surface area is 108 Å². The zero-order valence-corrected chi connectivity index (χ0v) is 12.0. The van der Waals surface area contributed by atoms with Gasteiger partial charge in [0.2, 0.25) is 0 Å². The van der Waals surface area contributed by atoms with E-state index in [2.05, 4.69) is 0 Å². The van der Waals surface area contributed by atoms with Gasteiger partial charge in [-0.15, -0.1) is 0 Å². The van der Waals surface area contributed by atoms with E-state index in [9.17, 15) is 13.2 Å². The number of carboxylic acid groups (broad SMARTS) is 1. The SMILES string of the molecule is CC(C)(C)C1C(COS(C)(=O)=O)CCN1C(=O)O. The van der Waals surface area contributed by atoms with E-state index in [0.717, 1.165) is 6.26 Å². The van der Waals surface area contributed by atoms with Crippen LogP contribution >= 0.6 is 0 Å². The summed E-state index contributed by atoms with van der Waals surface area (Å²) in [7, 11) is -3.48. The van der Waals surface area contributed by atoms with Crippen molar-refractivity contribution in [3.8, 4) is 0 Å². The van der Waals surface area contributed by atoms with Gasteiger partial charge in [-0.2, -0.15) is 8.42 Å². The van der Waals surface area contributed by atoms with Crippen molar-refractivity contribution in [2.75, 3.05) is 19.4 Å². The van der Waals surface area contributed by atoms with Crippen LogP contribution in [0.2, 0.25) is 0 Å². The first-order chi connectivity index (χ1) is 8.02. The summed E-state index contributed by atoms with van der Waals surface area (Å²) in [5.41, 5.74) is -0.250. The minimum Gasteiger partial charge on any atom is -0.465 e. The summed E-state index contributed by atoms with van der Waals surface area (Å²) in [6.07, 6.45) is 0.670. The minimum atomic E-state index is -3.48. The summed E-state index contributed by atoms with van der Waals surface area (Å²) in [5, 5.41) is 9.16. The molecule has 1 aliphatic heterocycles. The van der Waals surface area contributed by atoms with E-state index in [1.54, 1.807) is 0 Å². The molecule has 0 radical (unpaired) electrons. The summed E-state index contributed by atoms with van der Waals surface area (Å²) in [4.78, 5) is 12.6. The fraction of sp³-hybridized carbons (Fsp3) is 0.909. The summed E-state index contributed by atoms with van der Waals surface area (Å²) in [6, 6.07) is -0.225. The molecule has 1 heterocycles. The molecule has 1 rings (SSSR count). The molecule has 106 valence electrons. The highest BCUT2D eigenvalue weighted by Crippen LogP contribution is 2.37. The van der Waals surface area contributed by atoms with Gasteiger partial charge in [0.15, 0.2) is 0 Å². The molecule has 1 aliphatic rings. The molecule has 0 saturated carbocycles. The van der Waals surface area contributed by atoms with Crippen LogP contribution in [0.3, 0.4) is 0 Å². The fourth-order valence-electron chi connectivity index (χ4n) is 2.63. The highest BCUT2D eigenvalue weighted by atomic mass is 32.2. The first-order valence-electron chi connectivity index (χ1n) is 5.86. The molecule has 1 fully saturated rings. The van der Waals surface area contributed by atoms with Crippen LogP contribution < -0.4 is 0 Å². The number of hydrogen-bond acceptors (Lipinski definition) is 4. The second-order valence-corrected chi connectivity index (χ2v) is 7.47. The van der Waals surface area contributed by atoms with Crippen LogP contribution in [0, 0.1) is 11.3 Å². The lowest BCUT2D eigenvalue weighted by Crippen LogP contribution is -2.46. The van der Waals surface area contributed by atoms with E-state index in [1.165, 1.54) is 4.90 Å². The van der Waals surface area contributed by atoms with Gasteiger partial charge in [0.1, 0.15) is 0 Å². The Kier molecular flexibility index (Phi) is 4.27. The molecule has 2 unspecified atom stereocenters. The Morgan fingerprint density at radius 2 is 2.00 bits per heavy atom. The average molecular weight is 279 g/mol. The van der Waals surface area contributed by atoms with Crippen LogP contribution in [0.25, 0.3) is 0 Å². The highest BCUT2D eigenvalue weighted by Gasteiger charge is 2.44. The Hall–Kier alpha value is -0.820. The van der Waals surface area contributed by atoms with E-state index in [1.807, 2.05) is 20.8 Å². The van der Waals surface area contributed by atoms with Crippen LogP contribution in [0.15, 0.2) is 0 Å². The molecule has 0 aromatic carbocycles. The van der Waals surface area contributed by atoms with Crippen LogP contribution in [-0.2, 0) is 14.3 Å². The third-order valence-electron chi connectivity index (χ3n) is 3.15. The van der Waals surface area contributed by atoms with Crippen LogP contribution in [-0.4, -0.2) is 50.0 Å². The van der Waals surface area contributed by atoms with Crippen molar-refractivity contribution in [1.82, 2.24) is 4.90 Å². The molecule has 6 nitrogen and oxygen atoms in total. The van der Waals surface area contributed by atoms with Crippen LogP contribution in [0.1, 0.15) is 27.2 Å². The summed E-state index contributed by atoms with van der Waals surface area (Å²) >= 11 is 0. The normalized spacial score (nSPS) is 25.4. The van der Waals surface area contributed by atoms with E-state index >= 15 is 0 Å². The largest absolute Gasteiger partial charge is 0.465 e.